The van der Waals surface area contributed by atoms with E-state index in [0.717, 1.165) is 25.1 Å². The first-order valence-electron chi connectivity index (χ1n) is 5.32. The Bertz CT molecular complexity index is 298. The SMILES string of the molecule is CCCCNC(=O)N(C)c1ccccc1. The fourth-order valence-corrected chi connectivity index (χ4v) is 1.26. The smallest absolute Gasteiger partial charge is 0.321 e. The Hall–Kier alpha value is -1.51. The molecule has 3 heteroatoms. The highest BCUT2D eigenvalue weighted by atomic mass is 16.2. The van der Waals surface area contributed by atoms with Crippen LogP contribution in [0.1, 0.15) is 19.8 Å². The van der Waals surface area contributed by atoms with Gasteiger partial charge in [-0.1, -0.05) is 31.5 Å². The number of para-hydroxylation sites is 1. The third-order valence-corrected chi connectivity index (χ3v) is 2.25. The highest BCUT2D eigenvalue weighted by molar-refractivity contribution is 5.91. The van der Waals surface area contributed by atoms with Crippen molar-refractivity contribution in [1.82, 2.24) is 5.32 Å². The number of hydrogen-bond donors (Lipinski definition) is 1. The summed E-state index contributed by atoms with van der Waals surface area (Å²) in [4.78, 5) is 13.3. The van der Waals surface area contributed by atoms with Crippen LogP contribution < -0.4 is 10.2 Å². The monoisotopic (exact) mass is 206 g/mol. The van der Waals surface area contributed by atoms with Crippen molar-refractivity contribution >= 4 is 11.7 Å². The topological polar surface area (TPSA) is 32.3 Å². The number of nitrogens with zero attached hydrogens (tertiary/aromatic N) is 1. The van der Waals surface area contributed by atoms with Crippen molar-refractivity contribution in [3.8, 4) is 0 Å². The molecular formula is C12H18N2O. The minimum absolute atomic E-state index is 0.0466. The van der Waals surface area contributed by atoms with Crippen molar-refractivity contribution < 1.29 is 4.79 Å². The summed E-state index contributed by atoms with van der Waals surface area (Å²) in [6.45, 7) is 2.85. The normalized spacial score (nSPS) is 9.73. The summed E-state index contributed by atoms with van der Waals surface area (Å²) in [5, 5.41) is 2.87. The Labute approximate surface area is 91.1 Å². The van der Waals surface area contributed by atoms with E-state index in [2.05, 4.69) is 12.2 Å². The van der Waals surface area contributed by atoms with Gasteiger partial charge in [0.2, 0.25) is 0 Å². The fourth-order valence-electron chi connectivity index (χ4n) is 1.26. The summed E-state index contributed by atoms with van der Waals surface area (Å²) in [6.07, 6.45) is 2.11. The molecule has 2 amide bonds. The van der Waals surface area contributed by atoms with Gasteiger partial charge in [0.05, 0.1) is 0 Å². The second-order valence-electron chi connectivity index (χ2n) is 3.48. The molecule has 82 valence electrons. The average molecular weight is 206 g/mol. The van der Waals surface area contributed by atoms with Crippen LogP contribution in [-0.2, 0) is 0 Å². The van der Waals surface area contributed by atoms with Gasteiger partial charge in [-0.3, -0.25) is 4.90 Å². The Balaban J connectivity index is 2.46. The van der Waals surface area contributed by atoms with E-state index in [4.69, 9.17) is 0 Å². The van der Waals surface area contributed by atoms with Crippen molar-refractivity contribution in [2.45, 2.75) is 19.8 Å². The second kappa shape index (κ2) is 6.06. The lowest BCUT2D eigenvalue weighted by Crippen LogP contribution is -2.37. The molecule has 0 aliphatic heterocycles. The quantitative estimate of drug-likeness (QED) is 0.755. The number of carbonyl (C=O) groups is 1. The number of nitrogens with one attached hydrogen (secondary N) is 1. The van der Waals surface area contributed by atoms with Crippen molar-refractivity contribution in [2.75, 3.05) is 18.5 Å². The zero-order chi connectivity index (χ0) is 11.1. The van der Waals surface area contributed by atoms with Gasteiger partial charge in [-0.25, -0.2) is 4.79 Å². The molecule has 0 radical (unpaired) electrons. The van der Waals surface area contributed by atoms with Crippen LogP contribution in [0.5, 0.6) is 0 Å². The predicted octanol–water partition coefficient (Wildman–Crippen LogP) is 2.63. The lowest BCUT2D eigenvalue weighted by atomic mass is 10.3. The van der Waals surface area contributed by atoms with Crippen molar-refractivity contribution in [3.05, 3.63) is 30.3 Å². The molecule has 0 fully saturated rings. The highest BCUT2D eigenvalue weighted by Gasteiger charge is 2.08. The average Bonchev–Trinajstić information content (AvgIpc) is 2.29. The summed E-state index contributed by atoms with van der Waals surface area (Å²) in [7, 11) is 1.77. The van der Waals surface area contributed by atoms with Crippen LogP contribution in [-0.4, -0.2) is 19.6 Å². The van der Waals surface area contributed by atoms with Crippen LogP contribution in [0.2, 0.25) is 0 Å². The molecule has 0 heterocycles. The number of benzene rings is 1. The first-order valence-corrected chi connectivity index (χ1v) is 5.32. The maximum absolute atomic E-state index is 11.6. The van der Waals surface area contributed by atoms with Crippen molar-refractivity contribution in [1.29, 1.82) is 0 Å². The third-order valence-electron chi connectivity index (χ3n) is 2.25. The number of unbranched alkanes of at least 4 members (excludes halogenated alkanes) is 1. The zero-order valence-electron chi connectivity index (χ0n) is 9.36. The molecule has 0 unspecified atom stereocenters. The first kappa shape index (κ1) is 11.6. The van der Waals surface area contributed by atoms with Crippen LogP contribution in [0.25, 0.3) is 0 Å². The molecule has 0 atom stereocenters. The van der Waals surface area contributed by atoms with E-state index in [0.29, 0.717) is 0 Å². The van der Waals surface area contributed by atoms with Crippen molar-refractivity contribution in [2.24, 2.45) is 0 Å². The number of anilines is 1. The molecule has 0 aliphatic rings. The van der Waals surface area contributed by atoms with Gasteiger partial charge < -0.3 is 5.32 Å². The van der Waals surface area contributed by atoms with E-state index in [1.807, 2.05) is 30.3 Å². The molecule has 0 bridgehead atoms. The third kappa shape index (κ3) is 3.62. The van der Waals surface area contributed by atoms with Crippen LogP contribution in [0, 0.1) is 0 Å². The molecule has 1 rings (SSSR count). The Kier molecular flexibility index (Phi) is 4.68. The number of urea groups is 1. The molecule has 0 saturated heterocycles. The van der Waals surface area contributed by atoms with Gasteiger partial charge in [0, 0.05) is 19.3 Å². The molecule has 0 aliphatic carbocycles. The van der Waals surface area contributed by atoms with Gasteiger partial charge in [0.25, 0.3) is 0 Å². The number of hydrogen-bond acceptors (Lipinski definition) is 1. The Morgan fingerprint density at radius 3 is 2.60 bits per heavy atom. The number of carbonyl (C=O) groups excluding carboxylic acids is 1. The second-order valence-corrected chi connectivity index (χ2v) is 3.48. The molecule has 1 aromatic rings. The van der Waals surface area contributed by atoms with E-state index < -0.39 is 0 Å². The summed E-state index contributed by atoms with van der Waals surface area (Å²) >= 11 is 0. The van der Waals surface area contributed by atoms with Crippen LogP contribution in [0.4, 0.5) is 10.5 Å². The minimum atomic E-state index is -0.0466. The lowest BCUT2D eigenvalue weighted by molar-refractivity contribution is 0.247. The molecule has 0 saturated carbocycles. The molecule has 0 aromatic heterocycles. The maximum atomic E-state index is 11.6. The predicted molar refractivity (Wildman–Crippen MR) is 63.2 cm³/mol. The van der Waals surface area contributed by atoms with E-state index in [9.17, 15) is 4.79 Å². The minimum Gasteiger partial charge on any atom is -0.338 e. The van der Waals surface area contributed by atoms with Gasteiger partial charge in [0.1, 0.15) is 0 Å². The number of rotatable bonds is 4. The first-order chi connectivity index (χ1) is 7.25. The summed E-state index contributed by atoms with van der Waals surface area (Å²) in [6, 6.07) is 9.57. The van der Waals surface area contributed by atoms with Gasteiger partial charge in [0.15, 0.2) is 0 Å². The summed E-state index contributed by atoms with van der Waals surface area (Å²) < 4.78 is 0. The van der Waals surface area contributed by atoms with Crippen LogP contribution >= 0.6 is 0 Å². The Morgan fingerprint density at radius 2 is 2.00 bits per heavy atom. The van der Waals surface area contributed by atoms with Gasteiger partial charge in [-0.2, -0.15) is 0 Å². The number of amides is 2. The van der Waals surface area contributed by atoms with E-state index in [1.165, 1.54) is 0 Å². The lowest BCUT2D eigenvalue weighted by Gasteiger charge is -2.17. The molecule has 1 aromatic carbocycles. The Morgan fingerprint density at radius 1 is 1.33 bits per heavy atom. The van der Waals surface area contributed by atoms with Gasteiger partial charge in [-0.15, -0.1) is 0 Å². The molecule has 3 nitrogen and oxygen atoms in total. The molecule has 0 spiro atoms. The standard InChI is InChI=1S/C12H18N2O/c1-3-4-10-13-12(15)14(2)11-8-6-5-7-9-11/h5-9H,3-4,10H2,1-2H3,(H,13,15). The molecule has 1 N–H and O–H groups in total. The molecular weight excluding hydrogens is 188 g/mol. The summed E-state index contributed by atoms with van der Waals surface area (Å²) in [5.74, 6) is 0. The van der Waals surface area contributed by atoms with Gasteiger partial charge in [-0.05, 0) is 18.6 Å². The zero-order valence-corrected chi connectivity index (χ0v) is 9.36. The largest absolute Gasteiger partial charge is 0.338 e. The summed E-state index contributed by atoms with van der Waals surface area (Å²) in [5.41, 5.74) is 0.909. The highest BCUT2D eigenvalue weighted by Crippen LogP contribution is 2.10. The van der Waals surface area contributed by atoms with E-state index in [1.54, 1.807) is 11.9 Å². The fraction of sp³-hybridized carbons (Fsp3) is 0.417. The van der Waals surface area contributed by atoms with Crippen LogP contribution in [0.15, 0.2) is 30.3 Å². The van der Waals surface area contributed by atoms with Gasteiger partial charge >= 0.3 is 6.03 Å². The maximum Gasteiger partial charge on any atom is 0.321 e. The van der Waals surface area contributed by atoms with Crippen LogP contribution in [0.3, 0.4) is 0 Å². The van der Waals surface area contributed by atoms with E-state index in [-0.39, 0.29) is 6.03 Å². The molecule has 15 heavy (non-hydrogen) atoms. The van der Waals surface area contributed by atoms with E-state index >= 15 is 0 Å². The van der Waals surface area contributed by atoms with Crippen molar-refractivity contribution in [3.63, 3.8) is 0 Å².